The zero-order valence-corrected chi connectivity index (χ0v) is 18.2. The first-order chi connectivity index (χ1) is 13.8. The first-order valence-corrected chi connectivity index (χ1v) is 10.8. The van der Waals surface area contributed by atoms with E-state index >= 15 is 0 Å². The van der Waals surface area contributed by atoms with Gasteiger partial charge in [-0.3, -0.25) is 4.79 Å². The fourth-order valence-corrected chi connectivity index (χ4v) is 4.08. The molecule has 2 aromatic carbocycles. The fraction of sp³-hybridized carbons (Fsp3) is 0.350. The van der Waals surface area contributed by atoms with Crippen LogP contribution in [0.1, 0.15) is 12.0 Å². The largest absolute Gasteiger partial charge is 0.493 e. The van der Waals surface area contributed by atoms with Gasteiger partial charge in [-0.25, -0.2) is 8.42 Å². The molecule has 0 unspecified atom stereocenters. The Kier molecular flexibility index (Phi) is 8.31. The van der Waals surface area contributed by atoms with E-state index in [1.807, 2.05) is 24.3 Å². The van der Waals surface area contributed by atoms with Gasteiger partial charge in [-0.05, 0) is 36.6 Å². The maximum atomic E-state index is 12.7. The van der Waals surface area contributed by atoms with Crippen LogP contribution in [0.4, 0.5) is 0 Å². The highest BCUT2D eigenvalue weighted by molar-refractivity contribution is 7.89. The second-order valence-electron chi connectivity index (χ2n) is 6.32. The molecule has 29 heavy (non-hydrogen) atoms. The number of carbonyl (C=O) groups excluding carboxylic acids is 1. The molecule has 2 rings (SSSR count). The Morgan fingerprint density at radius 3 is 2.45 bits per heavy atom. The van der Waals surface area contributed by atoms with Crippen molar-refractivity contribution in [2.75, 3.05) is 34.4 Å². The summed E-state index contributed by atoms with van der Waals surface area (Å²) >= 11 is 6.11. The number of rotatable bonds is 10. The molecule has 0 saturated heterocycles. The van der Waals surface area contributed by atoms with E-state index in [1.165, 1.54) is 39.5 Å². The van der Waals surface area contributed by atoms with Crippen molar-refractivity contribution in [1.82, 2.24) is 9.62 Å². The summed E-state index contributed by atoms with van der Waals surface area (Å²) in [4.78, 5) is 12.2. The van der Waals surface area contributed by atoms with Crippen molar-refractivity contribution in [3.05, 3.63) is 53.1 Å². The van der Waals surface area contributed by atoms with Crippen molar-refractivity contribution in [3.8, 4) is 11.5 Å². The van der Waals surface area contributed by atoms with Crippen molar-refractivity contribution in [1.29, 1.82) is 0 Å². The van der Waals surface area contributed by atoms with Crippen molar-refractivity contribution in [2.45, 2.75) is 17.7 Å². The molecule has 158 valence electrons. The predicted molar refractivity (Wildman–Crippen MR) is 112 cm³/mol. The molecule has 2 aromatic rings. The Morgan fingerprint density at radius 2 is 1.79 bits per heavy atom. The standard InChI is InChI=1S/C20H25ClN2O5S/c1-23(29(25,26)16-10-11-18(27-2)19(13-16)28-3)14-20(24)22-12-6-8-15-7-4-5-9-17(15)21/h4-5,7,9-11,13H,6,8,12,14H2,1-3H3,(H,22,24). The number of methoxy groups -OCH3 is 2. The van der Waals surface area contributed by atoms with Gasteiger partial charge in [0.25, 0.3) is 0 Å². The molecule has 0 aliphatic heterocycles. The van der Waals surface area contributed by atoms with E-state index < -0.39 is 10.0 Å². The van der Waals surface area contributed by atoms with Gasteiger partial charge in [0, 0.05) is 24.7 Å². The summed E-state index contributed by atoms with van der Waals surface area (Å²) in [5, 5.41) is 3.43. The highest BCUT2D eigenvalue weighted by Crippen LogP contribution is 2.30. The van der Waals surface area contributed by atoms with Crippen LogP contribution in [-0.4, -0.2) is 53.0 Å². The maximum Gasteiger partial charge on any atom is 0.243 e. The van der Waals surface area contributed by atoms with E-state index in [-0.39, 0.29) is 17.3 Å². The summed E-state index contributed by atoms with van der Waals surface area (Å²) in [6.07, 6.45) is 1.42. The van der Waals surface area contributed by atoms with Crippen LogP contribution in [0.3, 0.4) is 0 Å². The minimum absolute atomic E-state index is 0.0177. The van der Waals surface area contributed by atoms with Crippen LogP contribution in [0.25, 0.3) is 0 Å². The zero-order valence-electron chi connectivity index (χ0n) is 16.6. The first-order valence-electron chi connectivity index (χ1n) is 8.98. The van der Waals surface area contributed by atoms with Crippen molar-refractivity contribution < 1.29 is 22.7 Å². The maximum absolute atomic E-state index is 12.7. The number of halogens is 1. The average Bonchev–Trinajstić information content (AvgIpc) is 2.71. The Morgan fingerprint density at radius 1 is 1.10 bits per heavy atom. The molecular formula is C20H25ClN2O5S. The van der Waals surface area contributed by atoms with Gasteiger partial charge >= 0.3 is 0 Å². The Labute approximate surface area is 176 Å². The molecule has 0 atom stereocenters. The van der Waals surface area contributed by atoms with Crippen LogP contribution in [0.5, 0.6) is 11.5 Å². The third-order valence-electron chi connectivity index (χ3n) is 4.33. The van der Waals surface area contributed by atoms with Crippen molar-refractivity contribution in [3.63, 3.8) is 0 Å². The van der Waals surface area contributed by atoms with Crippen molar-refractivity contribution >= 4 is 27.5 Å². The molecule has 9 heteroatoms. The SMILES string of the molecule is COc1ccc(S(=O)(=O)N(C)CC(=O)NCCCc2ccccc2Cl)cc1OC. The Balaban J connectivity index is 1.90. The zero-order chi connectivity index (χ0) is 21.4. The van der Waals surface area contributed by atoms with Gasteiger partial charge in [-0.1, -0.05) is 29.8 Å². The number of hydrogen-bond donors (Lipinski definition) is 1. The van der Waals surface area contributed by atoms with Crippen molar-refractivity contribution in [2.24, 2.45) is 0 Å². The van der Waals surface area contributed by atoms with Crippen LogP contribution in [0.15, 0.2) is 47.4 Å². The number of aryl methyl sites for hydroxylation is 1. The van der Waals surface area contributed by atoms with Gasteiger partial charge in [0.15, 0.2) is 11.5 Å². The summed E-state index contributed by atoms with van der Waals surface area (Å²) in [6.45, 7) is 0.136. The lowest BCUT2D eigenvalue weighted by Crippen LogP contribution is -2.38. The van der Waals surface area contributed by atoms with Crippen LogP contribution in [0.2, 0.25) is 5.02 Å². The van der Waals surface area contributed by atoms with Gasteiger partial charge < -0.3 is 14.8 Å². The second-order valence-corrected chi connectivity index (χ2v) is 8.77. The lowest BCUT2D eigenvalue weighted by atomic mass is 10.1. The minimum atomic E-state index is -3.85. The molecule has 0 bridgehead atoms. The summed E-state index contributed by atoms with van der Waals surface area (Å²) < 4.78 is 36.7. The number of amides is 1. The molecule has 0 aliphatic rings. The molecule has 0 saturated carbocycles. The van der Waals surface area contributed by atoms with E-state index in [1.54, 1.807) is 0 Å². The highest BCUT2D eigenvalue weighted by Gasteiger charge is 2.24. The summed E-state index contributed by atoms with van der Waals surface area (Å²) in [7, 11) is 0.396. The number of likely N-dealkylation sites (N-methyl/N-ethyl adjacent to an activating group) is 1. The van der Waals surface area contributed by atoms with Gasteiger partial charge in [0.2, 0.25) is 15.9 Å². The van der Waals surface area contributed by atoms with Gasteiger partial charge in [0.1, 0.15) is 0 Å². The van der Waals surface area contributed by atoms with E-state index in [4.69, 9.17) is 21.1 Å². The summed E-state index contributed by atoms with van der Waals surface area (Å²) in [5.74, 6) is 0.340. The number of ether oxygens (including phenoxy) is 2. The van der Waals surface area contributed by atoms with Gasteiger partial charge in [-0.2, -0.15) is 4.31 Å². The lowest BCUT2D eigenvalue weighted by Gasteiger charge is -2.18. The number of nitrogens with zero attached hydrogens (tertiary/aromatic N) is 1. The molecule has 0 spiro atoms. The number of carbonyl (C=O) groups is 1. The van der Waals surface area contributed by atoms with Crippen LogP contribution >= 0.6 is 11.6 Å². The Hall–Kier alpha value is -2.29. The third kappa shape index (κ3) is 6.09. The normalized spacial score (nSPS) is 11.3. The number of nitrogens with one attached hydrogen (secondary N) is 1. The molecule has 1 N–H and O–H groups in total. The second kappa shape index (κ2) is 10.5. The number of hydrogen-bond acceptors (Lipinski definition) is 5. The minimum Gasteiger partial charge on any atom is -0.493 e. The molecule has 1 amide bonds. The van der Waals surface area contributed by atoms with Gasteiger partial charge in [0.05, 0.1) is 25.7 Å². The molecule has 7 nitrogen and oxygen atoms in total. The number of sulfonamides is 1. The monoisotopic (exact) mass is 440 g/mol. The molecule has 0 aromatic heterocycles. The lowest BCUT2D eigenvalue weighted by molar-refractivity contribution is -0.121. The van der Waals surface area contributed by atoms with E-state index in [9.17, 15) is 13.2 Å². The topological polar surface area (TPSA) is 84.9 Å². The first kappa shape index (κ1) is 23.0. The Bertz CT molecular complexity index is 950. The van der Waals surface area contributed by atoms with Crippen LogP contribution < -0.4 is 14.8 Å². The van der Waals surface area contributed by atoms with E-state index in [0.29, 0.717) is 29.5 Å². The van der Waals surface area contributed by atoms with Crippen LogP contribution in [0, 0.1) is 0 Å². The van der Waals surface area contributed by atoms with E-state index in [0.717, 1.165) is 16.3 Å². The molecule has 0 heterocycles. The summed E-state index contributed by atoms with van der Waals surface area (Å²) in [6, 6.07) is 11.8. The van der Waals surface area contributed by atoms with Gasteiger partial charge in [-0.15, -0.1) is 0 Å². The summed E-state index contributed by atoms with van der Waals surface area (Å²) in [5.41, 5.74) is 1.01. The average molecular weight is 441 g/mol. The number of benzene rings is 2. The van der Waals surface area contributed by atoms with Crippen LogP contribution in [-0.2, 0) is 21.2 Å². The third-order valence-corrected chi connectivity index (χ3v) is 6.50. The molecule has 0 aliphatic carbocycles. The quantitative estimate of drug-likeness (QED) is 0.574. The molecule has 0 fully saturated rings. The molecular weight excluding hydrogens is 416 g/mol. The van der Waals surface area contributed by atoms with E-state index in [2.05, 4.69) is 5.32 Å². The highest BCUT2D eigenvalue weighted by atomic mass is 35.5. The smallest absolute Gasteiger partial charge is 0.243 e. The molecule has 0 radical (unpaired) electrons. The predicted octanol–water partition coefficient (Wildman–Crippen LogP) is 2.73. The fourth-order valence-electron chi connectivity index (χ4n) is 2.71.